The summed E-state index contributed by atoms with van der Waals surface area (Å²) in [6.45, 7) is 12.9. The number of para-hydroxylation sites is 1. The SMILES string of the molecule is CC(C)OP(O)OCCCCCCNC(=O)CCC=O.CCOCCOCCOCCOCCn1nnc2c1-c1ccccc1CN(C)c1ccccc1-2. The molecule has 2 aromatic carbocycles. The molecule has 1 atom stereocenters. The third-order valence-electron chi connectivity index (χ3n) is 8.14. The van der Waals surface area contributed by atoms with Gasteiger partial charge in [0.25, 0.3) is 0 Å². The van der Waals surface area contributed by atoms with E-state index in [2.05, 4.69) is 76.1 Å². The molecular formula is C39H60N5O9P. The predicted molar refractivity (Wildman–Crippen MR) is 210 cm³/mol. The number of fused-ring (bicyclic) bond motifs is 5. The zero-order chi connectivity index (χ0) is 38.8. The summed E-state index contributed by atoms with van der Waals surface area (Å²) in [5.41, 5.74) is 6.61. The van der Waals surface area contributed by atoms with E-state index in [1.165, 1.54) is 5.56 Å². The molecule has 0 fully saturated rings. The van der Waals surface area contributed by atoms with Gasteiger partial charge >= 0.3 is 8.60 Å². The second-order valence-electron chi connectivity index (χ2n) is 12.8. The number of benzene rings is 2. The number of rotatable bonds is 26. The summed E-state index contributed by atoms with van der Waals surface area (Å²) in [6, 6.07) is 16.9. The number of hydrogen-bond donors (Lipinski definition) is 2. The standard InChI is InChI=1S/C26H34N4O4.C13H26NO5P/c1-3-31-14-15-33-18-19-34-17-16-32-13-12-30-26-22-9-5-4-8-21(22)20-29(2)24-11-7-6-10-23(24)25(26)27-28-30;1-12(2)19-20(17)18-11-6-4-3-5-9-14-13(16)8-7-10-15/h4-11H,3,12-20H2,1-2H3;10,12,17H,3-9,11H2,1-2H3,(H,14,16). The number of nitrogens with zero attached hydrogens (tertiary/aromatic N) is 4. The van der Waals surface area contributed by atoms with Crippen molar-refractivity contribution in [3.63, 3.8) is 0 Å². The van der Waals surface area contributed by atoms with Gasteiger partial charge in [0.05, 0.1) is 71.2 Å². The summed E-state index contributed by atoms with van der Waals surface area (Å²) in [5, 5.41) is 11.9. The van der Waals surface area contributed by atoms with Crippen LogP contribution in [-0.2, 0) is 50.7 Å². The number of aldehydes is 1. The van der Waals surface area contributed by atoms with Crippen molar-refractivity contribution in [3.8, 4) is 22.5 Å². The van der Waals surface area contributed by atoms with E-state index < -0.39 is 8.60 Å². The Balaban J connectivity index is 0.000000337. The lowest BCUT2D eigenvalue weighted by atomic mass is 9.96. The van der Waals surface area contributed by atoms with Gasteiger partial charge in [-0.1, -0.05) is 60.5 Å². The molecule has 1 aliphatic rings. The Hall–Kier alpha value is -3.33. The van der Waals surface area contributed by atoms with Crippen LogP contribution in [0.25, 0.3) is 22.5 Å². The van der Waals surface area contributed by atoms with E-state index >= 15 is 0 Å². The van der Waals surface area contributed by atoms with Crippen molar-refractivity contribution in [3.05, 3.63) is 54.1 Å². The molecule has 0 radical (unpaired) electrons. The van der Waals surface area contributed by atoms with Gasteiger partial charge in [-0.25, -0.2) is 4.68 Å². The number of hydrogen-bond acceptors (Lipinski definition) is 12. The minimum absolute atomic E-state index is 0.0334. The number of carbonyl (C=O) groups excluding carboxylic acids is 2. The lowest BCUT2D eigenvalue weighted by Crippen LogP contribution is -2.24. The highest BCUT2D eigenvalue weighted by atomic mass is 31.2. The fraction of sp³-hybridized carbons (Fsp3) is 0.590. The molecule has 3 aromatic rings. The van der Waals surface area contributed by atoms with Crippen LogP contribution in [0.15, 0.2) is 48.5 Å². The van der Waals surface area contributed by atoms with Crippen LogP contribution in [-0.4, -0.2) is 111 Å². The van der Waals surface area contributed by atoms with Gasteiger partial charge in [-0.2, -0.15) is 0 Å². The number of nitrogens with one attached hydrogen (secondary N) is 1. The maximum atomic E-state index is 11.2. The quantitative estimate of drug-likeness (QED) is 0.0563. The zero-order valence-corrected chi connectivity index (χ0v) is 33.3. The van der Waals surface area contributed by atoms with Gasteiger partial charge in [-0.15, -0.1) is 5.10 Å². The van der Waals surface area contributed by atoms with Gasteiger partial charge in [0, 0.05) is 56.4 Å². The molecule has 2 N–H and O–H groups in total. The molecular weight excluding hydrogens is 713 g/mol. The van der Waals surface area contributed by atoms with Crippen LogP contribution in [0.3, 0.4) is 0 Å². The molecule has 1 aliphatic heterocycles. The van der Waals surface area contributed by atoms with E-state index in [1.807, 2.05) is 25.5 Å². The van der Waals surface area contributed by atoms with Crippen LogP contribution < -0.4 is 10.2 Å². The first-order chi connectivity index (χ1) is 26.3. The molecule has 1 amide bonds. The Morgan fingerprint density at radius 1 is 0.889 bits per heavy atom. The summed E-state index contributed by atoms with van der Waals surface area (Å²) in [5.74, 6) is -0.0720. The number of aromatic nitrogens is 3. The predicted octanol–water partition coefficient (Wildman–Crippen LogP) is 5.95. The molecule has 0 spiro atoms. The first-order valence-corrected chi connectivity index (χ1v) is 20.1. The lowest BCUT2D eigenvalue weighted by Gasteiger charge is -2.26. The lowest BCUT2D eigenvalue weighted by molar-refractivity contribution is -0.122. The van der Waals surface area contributed by atoms with Crippen molar-refractivity contribution < 1.29 is 42.5 Å². The van der Waals surface area contributed by atoms with Crippen molar-refractivity contribution in [2.45, 2.75) is 78.5 Å². The van der Waals surface area contributed by atoms with Crippen molar-refractivity contribution in [1.29, 1.82) is 0 Å². The maximum Gasteiger partial charge on any atom is 0.330 e. The Bertz CT molecular complexity index is 1480. The second kappa shape index (κ2) is 27.3. The average Bonchev–Trinajstić information content (AvgIpc) is 3.58. The van der Waals surface area contributed by atoms with Gasteiger partial charge in [-0.05, 0) is 45.2 Å². The third kappa shape index (κ3) is 17.0. The molecule has 2 heterocycles. The molecule has 300 valence electrons. The van der Waals surface area contributed by atoms with Gasteiger partial charge in [0.2, 0.25) is 5.91 Å². The van der Waals surface area contributed by atoms with E-state index in [9.17, 15) is 14.5 Å². The highest BCUT2D eigenvalue weighted by Gasteiger charge is 2.25. The Morgan fingerprint density at radius 2 is 1.54 bits per heavy atom. The smallest absolute Gasteiger partial charge is 0.330 e. The monoisotopic (exact) mass is 773 g/mol. The van der Waals surface area contributed by atoms with Crippen molar-refractivity contribution in [2.75, 3.05) is 78.0 Å². The van der Waals surface area contributed by atoms with Gasteiger partial charge < -0.3 is 47.9 Å². The van der Waals surface area contributed by atoms with E-state index in [1.54, 1.807) is 0 Å². The molecule has 1 unspecified atom stereocenters. The largest absolute Gasteiger partial charge is 0.379 e. The summed E-state index contributed by atoms with van der Waals surface area (Å²) >= 11 is 0. The minimum atomic E-state index is -1.75. The maximum absolute atomic E-state index is 11.2. The number of amides is 1. The zero-order valence-electron chi connectivity index (χ0n) is 32.5. The third-order valence-corrected chi connectivity index (χ3v) is 9.14. The van der Waals surface area contributed by atoms with Crippen molar-refractivity contribution in [2.24, 2.45) is 0 Å². The number of carbonyl (C=O) groups is 2. The number of ether oxygens (including phenoxy) is 4. The topological polar surface area (TPSA) is 156 Å². The summed E-state index contributed by atoms with van der Waals surface area (Å²) in [7, 11) is 0.371. The van der Waals surface area contributed by atoms with E-state index in [0.29, 0.717) is 72.6 Å². The highest BCUT2D eigenvalue weighted by Crippen LogP contribution is 2.40. The number of anilines is 1. The fourth-order valence-corrected chi connectivity index (χ4v) is 6.26. The first kappa shape index (κ1) is 45.1. The van der Waals surface area contributed by atoms with Gasteiger partial charge in [0.15, 0.2) is 0 Å². The summed E-state index contributed by atoms with van der Waals surface area (Å²) in [6.07, 6.45) is 5.01. The van der Waals surface area contributed by atoms with E-state index in [-0.39, 0.29) is 24.9 Å². The van der Waals surface area contributed by atoms with Crippen molar-refractivity contribution in [1.82, 2.24) is 20.3 Å². The molecule has 14 nitrogen and oxygen atoms in total. The van der Waals surface area contributed by atoms with Crippen LogP contribution in [0.4, 0.5) is 5.69 Å². The second-order valence-corrected chi connectivity index (χ2v) is 13.7. The fourth-order valence-electron chi connectivity index (χ4n) is 5.55. The van der Waals surface area contributed by atoms with Crippen LogP contribution in [0, 0.1) is 0 Å². The average molecular weight is 774 g/mol. The van der Waals surface area contributed by atoms with Crippen LogP contribution in [0.2, 0.25) is 0 Å². The van der Waals surface area contributed by atoms with Crippen molar-refractivity contribution >= 4 is 26.5 Å². The molecule has 1 aromatic heterocycles. The Kier molecular flexibility index (Phi) is 22.8. The van der Waals surface area contributed by atoms with Crippen LogP contribution >= 0.6 is 8.60 Å². The van der Waals surface area contributed by atoms with Crippen LogP contribution in [0.5, 0.6) is 0 Å². The Labute approximate surface area is 321 Å². The normalized spacial score (nSPS) is 12.5. The number of unbranched alkanes of at least 4 members (excludes halogenated alkanes) is 3. The molecule has 0 aliphatic carbocycles. The molecule has 0 saturated carbocycles. The van der Waals surface area contributed by atoms with E-state index in [0.717, 1.165) is 66.7 Å². The molecule has 4 rings (SSSR count). The summed E-state index contributed by atoms with van der Waals surface area (Å²) in [4.78, 5) is 32.9. The highest BCUT2D eigenvalue weighted by molar-refractivity contribution is 7.40. The minimum Gasteiger partial charge on any atom is -0.379 e. The Morgan fingerprint density at radius 3 is 2.24 bits per heavy atom. The summed E-state index contributed by atoms with van der Waals surface area (Å²) < 4.78 is 34.2. The van der Waals surface area contributed by atoms with E-state index in [4.69, 9.17) is 28.0 Å². The molecule has 54 heavy (non-hydrogen) atoms. The first-order valence-electron chi connectivity index (χ1n) is 19.0. The molecule has 0 bridgehead atoms. The van der Waals surface area contributed by atoms with Gasteiger partial charge in [-0.3, -0.25) is 4.79 Å². The molecule has 0 saturated heterocycles. The van der Waals surface area contributed by atoms with Crippen LogP contribution in [0.1, 0.15) is 64.9 Å². The molecule has 15 heteroatoms. The van der Waals surface area contributed by atoms with Gasteiger partial charge in [0.1, 0.15) is 12.0 Å².